The highest BCUT2D eigenvalue weighted by Gasteiger charge is 2.18. The Balaban J connectivity index is 1.74. The van der Waals surface area contributed by atoms with E-state index in [4.69, 9.17) is 10.2 Å². The highest BCUT2D eigenvalue weighted by Crippen LogP contribution is 2.20. The first-order chi connectivity index (χ1) is 13.0. The summed E-state index contributed by atoms with van der Waals surface area (Å²) in [5, 5.41) is 12.0. The third-order valence-electron chi connectivity index (χ3n) is 3.98. The maximum absolute atomic E-state index is 12.5. The number of aromatic nitrogens is 4. The van der Waals surface area contributed by atoms with E-state index < -0.39 is 5.91 Å². The number of aryl methyl sites for hydroxylation is 1. The third kappa shape index (κ3) is 4.09. The van der Waals surface area contributed by atoms with E-state index in [2.05, 4.69) is 25.3 Å². The van der Waals surface area contributed by atoms with Crippen molar-refractivity contribution in [3.05, 3.63) is 53.4 Å². The molecule has 3 heterocycles. The van der Waals surface area contributed by atoms with Crippen molar-refractivity contribution in [2.45, 2.75) is 26.3 Å². The maximum Gasteiger partial charge on any atom is 0.274 e. The van der Waals surface area contributed by atoms with Gasteiger partial charge in [0.25, 0.3) is 5.91 Å². The molecule has 0 aliphatic heterocycles. The summed E-state index contributed by atoms with van der Waals surface area (Å²) in [7, 11) is 0. The van der Waals surface area contributed by atoms with Gasteiger partial charge in [0.05, 0.1) is 30.7 Å². The van der Waals surface area contributed by atoms with Crippen LogP contribution in [0.15, 0.2) is 35.1 Å². The quantitative estimate of drug-likeness (QED) is 0.594. The summed E-state index contributed by atoms with van der Waals surface area (Å²) in [6.45, 7) is 3.78. The Morgan fingerprint density at radius 3 is 2.85 bits per heavy atom. The second-order valence-electron chi connectivity index (χ2n) is 6.05. The van der Waals surface area contributed by atoms with Gasteiger partial charge < -0.3 is 20.6 Å². The van der Waals surface area contributed by atoms with E-state index in [-0.39, 0.29) is 36.5 Å². The number of nitrogens with zero attached hydrogens (tertiary/aromatic N) is 4. The zero-order chi connectivity index (χ0) is 19.4. The molecule has 1 amide bonds. The van der Waals surface area contributed by atoms with Crippen LogP contribution >= 0.6 is 0 Å². The summed E-state index contributed by atoms with van der Waals surface area (Å²) >= 11 is 0. The summed E-state index contributed by atoms with van der Waals surface area (Å²) in [5.74, 6) is -0.253. The summed E-state index contributed by atoms with van der Waals surface area (Å²) in [4.78, 5) is 29.4. The van der Waals surface area contributed by atoms with E-state index in [0.717, 1.165) is 5.69 Å². The number of oxazole rings is 1. The van der Waals surface area contributed by atoms with Gasteiger partial charge in [-0.1, -0.05) is 13.0 Å². The molecule has 0 radical (unpaired) electrons. The number of rotatable bonds is 6. The first-order valence-corrected chi connectivity index (χ1v) is 8.38. The number of carbonyl (C=O) groups excluding carboxylic acids is 1. The molecule has 4 N–H and O–H groups in total. The molecular formula is C18H20N6O3. The largest absolute Gasteiger partial charge is 0.443 e. The summed E-state index contributed by atoms with van der Waals surface area (Å²) < 4.78 is 5.20. The minimum Gasteiger partial charge on any atom is -0.443 e. The molecule has 0 saturated heterocycles. The molecule has 3 aromatic heterocycles. The zero-order valence-electron chi connectivity index (χ0n) is 15.0. The fourth-order valence-electron chi connectivity index (χ4n) is 2.46. The van der Waals surface area contributed by atoms with E-state index in [9.17, 15) is 9.90 Å². The zero-order valence-corrected chi connectivity index (χ0v) is 15.0. The smallest absolute Gasteiger partial charge is 0.274 e. The lowest BCUT2D eigenvalue weighted by atomic mass is 10.1. The molecular weight excluding hydrogens is 348 g/mol. The number of hydrogen-bond acceptors (Lipinski definition) is 8. The number of pyridine rings is 1. The Morgan fingerprint density at radius 2 is 2.15 bits per heavy atom. The van der Waals surface area contributed by atoms with Crippen LogP contribution in [0.2, 0.25) is 0 Å². The van der Waals surface area contributed by atoms with E-state index >= 15 is 0 Å². The second kappa shape index (κ2) is 7.92. The van der Waals surface area contributed by atoms with Crippen molar-refractivity contribution in [3.8, 4) is 11.6 Å². The van der Waals surface area contributed by atoms with Gasteiger partial charge >= 0.3 is 0 Å². The molecule has 0 aliphatic carbocycles. The molecule has 0 fully saturated rings. The molecule has 0 aromatic carbocycles. The van der Waals surface area contributed by atoms with Crippen LogP contribution in [-0.2, 0) is 6.54 Å². The molecule has 9 heteroatoms. The van der Waals surface area contributed by atoms with Crippen LogP contribution in [0.5, 0.6) is 0 Å². The average Bonchev–Trinajstić information content (AvgIpc) is 3.21. The highest BCUT2D eigenvalue weighted by atomic mass is 16.3. The van der Waals surface area contributed by atoms with Gasteiger partial charge in [0.1, 0.15) is 12.0 Å². The molecule has 1 atom stereocenters. The van der Waals surface area contributed by atoms with E-state index in [1.807, 2.05) is 19.1 Å². The topological polar surface area (TPSA) is 140 Å². The number of aliphatic hydroxyl groups excluding tert-OH is 1. The number of aliphatic hydroxyl groups is 1. The number of amides is 1. The number of nitrogens with two attached hydrogens (primary N) is 1. The van der Waals surface area contributed by atoms with Crippen molar-refractivity contribution in [2.24, 2.45) is 0 Å². The molecule has 27 heavy (non-hydrogen) atoms. The first-order valence-electron chi connectivity index (χ1n) is 8.38. The molecule has 0 spiro atoms. The lowest BCUT2D eigenvalue weighted by molar-refractivity contribution is 0.0946. The van der Waals surface area contributed by atoms with Gasteiger partial charge in [-0.15, -0.1) is 0 Å². The molecule has 140 valence electrons. The number of nitrogens with one attached hydrogen (secondary N) is 1. The maximum atomic E-state index is 12.5. The third-order valence-corrected chi connectivity index (χ3v) is 3.98. The Labute approximate surface area is 155 Å². The highest BCUT2D eigenvalue weighted by molar-refractivity contribution is 5.96. The Morgan fingerprint density at radius 1 is 1.33 bits per heavy atom. The lowest BCUT2D eigenvalue weighted by Gasteiger charge is -2.11. The Kier molecular flexibility index (Phi) is 5.41. The van der Waals surface area contributed by atoms with Crippen LogP contribution in [0.4, 0.5) is 5.82 Å². The standard InChI is InChI=1S/C18H20N6O3/c1-10(9-25)13-5-3-4-12(23-13)8-21-17(26)15-16(19)24-14(11(2)22-15)18-20-6-7-27-18/h3-7,10,25H,8-9H2,1-2H3,(H2,19,24)(H,21,26). The van der Waals surface area contributed by atoms with E-state index in [1.165, 1.54) is 12.5 Å². The van der Waals surface area contributed by atoms with Crippen molar-refractivity contribution in [1.29, 1.82) is 0 Å². The van der Waals surface area contributed by atoms with Crippen LogP contribution in [0, 0.1) is 6.92 Å². The van der Waals surface area contributed by atoms with Crippen LogP contribution in [-0.4, -0.2) is 37.6 Å². The molecule has 3 rings (SSSR count). The number of anilines is 1. The van der Waals surface area contributed by atoms with Gasteiger partial charge in [-0.25, -0.2) is 15.0 Å². The Bertz CT molecular complexity index is 942. The molecule has 0 bridgehead atoms. The predicted molar refractivity (Wildman–Crippen MR) is 97.6 cm³/mol. The monoisotopic (exact) mass is 368 g/mol. The van der Waals surface area contributed by atoms with Gasteiger partial charge in [-0.05, 0) is 19.1 Å². The second-order valence-corrected chi connectivity index (χ2v) is 6.05. The molecule has 3 aromatic rings. The van der Waals surface area contributed by atoms with E-state index in [1.54, 1.807) is 13.0 Å². The molecule has 1 unspecified atom stereocenters. The van der Waals surface area contributed by atoms with Crippen LogP contribution in [0.1, 0.15) is 40.4 Å². The normalized spacial score (nSPS) is 12.0. The minimum absolute atomic E-state index is 0.00505. The number of hydrogen-bond donors (Lipinski definition) is 3. The van der Waals surface area contributed by atoms with Gasteiger partial charge in [-0.3, -0.25) is 9.78 Å². The summed E-state index contributed by atoms with van der Waals surface area (Å²) in [6, 6.07) is 5.46. The van der Waals surface area contributed by atoms with Crippen LogP contribution < -0.4 is 11.1 Å². The van der Waals surface area contributed by atoms with Gasteiger partial charge in [0.2, 0.25) is 5.89 Å². The molecule has 9 nitrogen and oxygen atoms in total. The fraction of sp³-hybridized carbons (Fsp3) is 0.278. The van der Waals surface area contributed by atoms with Gasteiger partial charge in [-0.2, -0.15) is 0 Å². The number of nitrogen functional groups attached to an aromatic ring is 1. The van der Waals surface area contributed by atoms with Crippen molar-refractivity contribution in [1.82, 2.24) is 25.3 Å². The first kappa shape index (κ1) is 18.5. The van der Waals surface area contributed by atoms with Gasteiger partial charge in [0, 0.05) is 11.6 Å². The van der Waals surface area contributed by atoms with Crippen LogP contribution in [0.3, 0.4) is 0 Å². The SMILES string of the molecule is Cc1nc(C(=O)NCc2cccc(C(C)CO)n2)c(N)nc1-c1ncco1. The van der Waals surface area contributed by atoms with Crippen molar-refractivity contribution < 1.29 is 14.3 Å². The number of carbonyl (C=O) groups is 1. The molecule has 0 saturated carbocycles. The molecule has 0 aliphatic rings. The predicted octanol–water partition coefficient (Wildman–Crippen LogP) is 1.44. The van der Waals surface area contributed by atoms with E-state index in [0.29, 0.717) is 17.1 Å². The van der Waals surface area contributed by atoms with Crippen molar-refractivity contribution >= 4 is 11.7 Å². The van der Waals surface area contributed by atoms with Crippen LogP contribution in [0.25, 0.3) is 11.6 Å². The Hall–Kier alpha value is -3.33. The summed E-state index contributed by atoms with van der Waals surface area (Å²) in [5.41, 5.74) is 8.23. The minimum atomic E-state index is -0.454. The average molecular weight is 368 g/mol. The van der Waals surface area contributed by atoms with Crippen molar-refractivity contribution in [2.75, 3.05) is 12.3 Å². The fourth-order valence-corrected chi connectivity index (χ4v) is 2.46. The van der Waals surface area contributed by atoms with Gasteiger partial charge in [0.15, 0.2) is 11.5 Å². The lowest BCUT2D eigenvalue weighted by Crippen LogP contribution is -2.26. The summed E-state index contributed by atoms with van der Waals surface area (Å²) in [6.07, 6.45) is 2.91. The van der Waals surface area contributed by atoms with Crippen molar-refractivity contribution in [3.63, 3.8) is 0 Å².